The van der Waals surface area contributed by atoms with Crippen molar-refractivity contribution in [3.63, 3.8) is 0 Å². The number of rotatable bonds is 2. The fraction of sp³-hybridized carbons (Fsp3) is 0.429. The first kappa shape index (κ1) is 9.36. The Bertz CT molecular complexity index is 304. The number of aromatic nitrogens is 2. The average molecular weight is 186 g/mol. The number of aliphatic hydroxyl groups excluding tert-OH is 1. The van der Waals surface area contributed by atoms with Crippen LogP contribution in [0.2, 0.25) is 0 Å². The lowest BCUT2D eigenvalue weighted by molar-refractivity contribution is 0.276. The summed E-state index contributed by atoms with van der Waals surface area (Å²) in [6.07, 6.45) is 2.89. The van der Waals surface area contributed by atoms with Crippen LogP contribution < -0.4 is 5.44 Å². The molecule has 1 N–H and O–H groups in total. The smallest absolute Gasteiger partial charge is 0.128 e. The second-order valence-electron chi connectivity index (χ2n) is 2.87. The molecule has 0 unspecified atom stereocenters. The van der Waals surface area contributed by atoms with E-state index < -0.39 is 7.14 Å². The zero-order valence-electron chi connectivity index (χ0n) is 7.06. The van der Waals surface area contributed by atoms with E-state index in [9.17, 15) is 4.57 Å². The van der Waals surface area contributed by atoms with Gasteiger partial charge in [0.05, 0.1) is 24.7 Å². The van der Waals surface area contributed by atoms with Crippen LogP contribution in [-0.2, 0) is 11.2 Å². The quantitative estimate of drug-likeness (QED) is 0.671. The minimum atomic E-state index is -2.30. The molecule has 1 aromatic heterocycles. The Hall–Kier alpha value is -0.730. The summed E-state index contributed by atoms with van der Waals surface area (Å²) < 4.78 is 11.5. The molecule has 66 valence electrons. The largest absolute Gasteiger partial charge is 0.390 e. The first-order valence-electron chi connectivity index (χ1n) is 3.51. The van der Waals surface area contributed by atoms with E-state index in [0.717, 1.165) is 0 Å². The minimum Gasteiger partial charge on any atom is -0.390 e. The number of hydrogen-bond donors (Lipinski definition) is 1. The summed E-state index contributed by atoms with van der Waals surface area (Å²) in [5.41, 5.74) is 0.993. The summed E-state index contributed by atoms with van der Waals surface area (Å²) in [6.45, 7) is 3.14. The van der Waals surface area contributed by atoms with Gasteiger partial charge < -0.3 is 9.67 Å². The van der Waals surface area contributed by atoms with Crippen LogP contribution in [0.3, 0.4) is 0 Å². The number of nitrogens with zero attached hydrogens (tertiary/aromatic N) is 2. The molecule has 4 nitrogen and oxygen atoms in total. The molecular weight excluding hydrogens is 175 g/mol. The van der Waals surface area contributed by atoms with Gasteiger partial charge in [0.1, 0.15) is 12.6 Å². The molecule has 12 heavy (non-hydrogen) atoms. The van der Waals surface area contributed by atoms with E-state index in [1.807, 2.05) is 0 Å². The summed E-state index contributed by atoms with van der Waals surface area (Å²) in [5.74, 6) is 0. The van der Waals surface area contributed by atoms with Gasteiger partial charge >= 0.3 is 0 Å². The fourth-order valence-electron chi connectivity index (χ4n) is 0.708. The molecule has 0 bridgehead atoms. The lowest BCUT2D eigenvalue weighted by Crippen LogP contribution is -2.10. The Morgan fingerprint density at radius 2 is 2.08 bits per heavy atom. The van der Waals surface area contributed by atoms with Gasteiger partial charge in [-0.1, -0.05) is 0 Å². The number of hydrogen-bond acceptors (Lipinski definition) is 4. The van der Waals surface area contributed by atoms with E-state index >= 15 is 0 Å². The van der Waals surface area contributed by atoms with Gasteiger partial charge in [-0.2, -0.15) is 0 Å². The molecule has 1 aromatic rings. The lowest BCUT2D eigenvalue weighted by atomic mass is 10.5. The molecule has 0 atom stereocenters. The van der Waals surface area contributed by atoms with Crippen molar-refractivity contribution in [1.29, 1.82) is 0 Å². The highest BCUT2D eigenvalue weighted by molar-refractivity contribution is 7.69. The van der Waals surface area contributed by atoms with Crippen LogP contribution >= 0.6 is 7.14 Å². The van der Waals surface area contributed by atoms with Gasteiger partial charge in [0.15, 0.2) is 0 Å². The maximum Gasteiger partial charge on any atom is 0.128 e. The summed E-state index contributed by atoms with van der Waals surface area (Å²) in [4.78, 5) is 7.81. The molecular formula is C7H11N2O2P. The van der Waals surface area contributed by atoms with E-state index in [-0.39, 0.29) is 6.61 Å². The second-order valence-corrected chi connectivity index (χ2v) is 6.03. The van der Waals surface area contributed by atoms with Crippen molar-refractivity contribution in [2.75, 3.05) is 13.3 Å². The summed E-state index contributed by atoms with van der Waals surface area (Å²) >= 11 is 0. The van der Waals surface area contributed by atoms with Gasteiger partial charge in [-0.3, -0.25) is 4.98 Å². The van der Waals surface area contributed by atoms with Crippen LogP contribution in [0.25, 0.3) is 0 Å². The van der Waals surface area contributed by atoms with Crippen LogP contribution in [0.15, 0.2) is 12.4 Å². The van der Waals surface area contributed by atoms with Crippen molar-refractivity contribution in [1.82, 2.24) is 9.97 Å². The third-order valence-corrected chi connectivity index (χ3v) is 2.74. The van der Waals surface area contributed by atoms with Crippen LogP contribution in [0.4, 0.5) is 0 Å². The normalized spacial score (nSPS) is 11.6. The average Bonchev–Trinajstić information content (AvgIpc) is 2.03. The topological polar surface area (TPSA) is 63.1 Å². The molecule has 0 amide bonds. The monoisotopic (exact) mass is 186 g/mol. The SMILES string of the molecule is CP(C)(=O)c1cnc(CO)cn1. The van der Waals surface area contributed by atoms with Crippen LogP contribution in [0, 0.1) is 0 Å². The molecule has 1 heterocycles. The Labute approximate surface area is 71.0 Å². The van der Waals surface area contributed by atoms with Gasteiger partial charge in [0, 0.05) is 0 Å². The van der Waals surface area contributed by atoms with Crippen molar-refractivity contribution in [3.8, 4) is 0 Å². The second kappa shape index (κ2) is 3.33. The van der Waals surface area contributed by atoms with E-state index in [0.29, 0.717) is 11.1 Å². The van der Waals surface area contributed by atoms with Gasteiger partial charge in [-0.15, -0.1) is 0 Å². The lowest BCUT2D eigenvalue weighted by Gasteiger charge is -2.04. The number of aliphatic hydroxyl groups is 1. The van der Waals surface area contributed by atoms with Crippen LogP contribution in [0.5, 0.6) is 0 Å². The van der Waals surface area contributed by atoms with Gasteiger partial charge in [-0.05, 0) is 13.3 Å². The van der Waals surface area contributed by atoms with Crippen molar-refractivity contribution in [3.05, 3.63) is 18.1 Å². The van der Waals surface area contributed by atoms with Crippen LogP contribution in [-0.4, -0.2) is 28.4 Å². The zero-order chi connectivity index (χ0) is 9.19. The van der Waals surface area contributed by atoms with Crippen molar-refractivity contribution in [2.24, 2.45) is 0 Å². The molecule has 5 heteroatoms. The summed E-state index contributed by atoms with van der Waals surface area (Å²) in [7, 11) is -2.30. The molecule has 0 aromatic carbocycles. The maximum atomic E-state index is 11.5. The van der Waals surface area contributed by atoms with Crippen molar-refractivity contribution in [2.45, 2.75) is 6.61 Å². The Morgan fingerprint density at radius 3 is 2.42 bits per heavy atom. The van der Waals surface area contributed by atoms with Gasteiger partial charge in [0.2, 0.25) is 0 Å². The highest BCUT2D eigenvalue weighted by Gasteiger charge is 2.12. The van der Waals surface area contributed by atoms with Gasteiger partial charge in [-0.25, -0.2) is 4.98 Å². The maximum absolute atomic E-state index is 11.5. The molecule has 0 aliphatic rings. The first-order chi connectivity index (χ1) is 5.54. The first-order valence-corrected chi connectivity index (χ1v) is 6.11. The van der Waals surface area contributed by atoms with E-state index in [1.165, 1.54) is 12.4 Å². The van der Waals surface area contributed by atoms with Gasteiger partial charge in [0.25, 0.3) is 0 Å². The Morgan fingerprint density at radius 1 is 1.42 bits per heavy atom. The molecule has 0 saturated carbocycles. The molecule has 0 fully saturated rings. The predicted octanol–water partition coefficient (Wildman–Crippen LogP) is 0.217. The van der Waals surface area contributed by atoms with E-state index in [4.69, 9.17) is 5.11 Å². The molecule has 1 rings (SSSR count). The fourth-order valence-corrected chi connectivity index (χ4v) is 1.38. The molecule has 0 aliphatic heterocycles. The molecule has 0 aliphatic carbocycles. The van der Waals surface area contributed by atoms with Crippen LogP contribution in [0.1, 0.15) is 5.69 Å². The predicted molar refractivity (Wildman–Crippen MR) is 47.0 cm³/mol. The van der Waals surface area contributed by atoms with E-state index in [1.54, 1.807) is 13.3 Å². The van der Waals surface area contributed by atoms with E-state index in [2.05, 4.69) is 9.97 Å². The molecule has 0 spiro atoms. The molecule has 0 radical (unpaired) electrons. The highest BCUT2D eigenvalue weighted by atomic mass is 31.2. The third kappa shape index (κ3) is 2.13. The molecule has 0 saturated heterocycles. The summed E-state index contributed by atoms with van der Waals surface area (Å²) in [6, 6.07) is 0. The zero-order valence-corrected chi connectivity index (χ0v) is 7.95. The Kier molecular flexibility index (Phi) is 2.60. The standard InChI is InChI=1S/C7H11N2O2P/c1-12(2,11)7-4-8-6(5-10)3-9-7/h3-4,10H,5H2,1-2H3. The summed E-state index contributed by atoms with van der Waals surface area (Å²) in [5, 5.41) is 8.66. The minimum absolute atomic E-state index is 0.134. The highest BCUT2D eigenvalue weighted by Crippen LogP contribution is 2.32. The van der Waals surface area contributed by atoms with Crippen molar-refractivity contribution < 1.29 is 9.67 Å². The van der Waals surface area contributed by atoms with Crippen molar-refractivity contribution >= 4 is 12.6 Å². The Balaban J connectivity index is 3.01. The third-order valence-electron chi connectivity index (χ3n) is 1.41.